The average Bonchev–Trinajstić information content (AvgIpc) is 3.59. The van der Waals surface area contributed by atoms with E-state index in [4.69, 9.17) is 15.2 Å². The van der Waals surface area contributed by atoms with E-state index in [1.807, 2.05) is 12.1 Å². The zero-order valence-electron chi connectivity index (χ0n) is 20.2. The van der Waals surface area contributed by atoms with Crippen molar-refractivity contribution < 1.29 is 31.9 Å². The Morgan fingerprint density at radius 2 is 1.71 bits per heavy atom. The van der Waals surface area contributed by atoms with Gasteiger partial charge in [-0.05, 0) is 53.6 Å². The lowest BCUT2D eigenvalue weighted by atomic mass is 10.1. The fraction of sp³-hybridized carbons (Fsp3) is 0.231. The van der Waals surface area contributed by atoms with Crippen molar-refractivity contribution >= 4 is 21.8 Å². The monoisotopic (exact) mass is 540 g/mol. The summed E-state index contributed by atoms with van der Waals surface area (Å²) in [6.07, 6.45) is -1.47. The molecule has 2 heterocycles. The Morgan fingerprint density at radius 1 is 0.974 bits per heavy atom. The maximum absolute atomic E-state index is 13.5. The number of nitrogens with zero attached hydrogens (tertiary/aromatic N) is 2. The SMILES string of the molecule is NCc1cccc(CNC(=O)C2N(C(=O)c3ccc4c(c3)OCO4)CCN2S(=O)(=O)c2ccc(F)cc2)c1. The van der Waals surface area contributed by atoms with Gasteiger partial charge in [0.15, 0.2) is 17.7 Å². The molecule has 1 atom stereocenters. The number of nitrogens with one attached hydrogen (secondary N) is 1. The minimum atomic E-state index is -4.25. The molecule has 1 fully saturated rings. The highest BCUT2D eigenvalue weighted by molar-refractivity contribution is 7.89. The fourth-order valence-electron chi connectivity index (χ4n) is 4.43. The lowest BCUT2D eigenvalue weighted by Gasteiger charge is -2.29. The molecule has 0 aliphatic carbocycles. The van der Waals surface area contributed by atoms with Crippen molar-refractivity contribution in [2.24, 2.45) is 5.73 Å². The van der Waals surface area contributed by atoms with Crippen LogP contribution in [0.15, 0.2) is 71.6 Å². The van der Waals surface area contributed by atoms with Crippen LogP contribution in [0.3, 0.4) is 0 Å². The maximum Gasteiger partial charge on any atom is 0.259 e. The van der Waals surface area contributed by atoms with Gasteiger partial charge in [0.2, 0.25) is 16.8 Å². The van der Waals surface area contributed by atoms with Gasteiger partial charge in [0.25, 0.3) is 11.8 Å². The third-order valence-electron chi connectivity index (χ3n) is 6.36. The first kappa shape index (κ1) is 25.6. The van der Waals surface area contributed by atoms with Crippen LogP contribution in [-0.4, -0.2) is 55.5 Å². The van der Waals surface area contributed by atoms with Crippen molar-refractivity contribution in [3.05, 3.63) is 89.2 Å². The van der Waals surface area contributed by atoms with E-state index in [9.17, 15) is 22.4 Å². The van der Waals surface area contributed by atoms with Gasteiger partial charge >= 0.3 is 0 Å². The van der Waals surface area contributed by atoms with Gasteiger partial charge in [-0.25, -0.2) is 12.8 Å². The van der Waals surface area contributed by atoms with Crippen molar-refractivity contribution in [3.63, 3.8) is 0 Å². The number of amides is 2. The molecule has 3 aromatic carbocycles. The Balaban J connectivity index is 1.45. The van der Waals surface area contributed by atoms with E-state index < -0.39 is 33.8 Å². The summed E-state index contributed by atoms with van der Waals surface area (Å²) in [4.78, 5) is 28.1. The summed E-state index contributed by atoms with van der Waals surface area (Å²) in [7, 11) is -4.25. The summed E-state index contributed by atoms with van der Waals surface area (Å²) in [6, 6.07) is 16.2. The molecule has 0 bridgehead atoms. The van der Waals surface area contributed by atoms with Crippen LogP contribution >= 0.6 is 0 Å². The van der Waals surface area contributed by atoms with Crippen LogP contribution in [0, 0.1) is 5.82 Å². The van der Waals surface area contributed by atoms with Crippen LogP contribution in [0.5, 0.6) is 11.5 Å². The predicted octanol–water partition coefficient (Wildman–Crippen LogP) is 1.80. The molecule has 2 amide bonds. The van der Waals surface area contributed by atoms with Crippen LogP contribution in [-0.2, 0) is 27.9 Å². The van der Waals surface area contributed by atoms with Gasteiger partial charge in [-0.1, -0.05) is 24.3 Å². The Bertz CT molecular complexity index is 1480. The summed E-state index contributed by atoms with van der Waals surface area (Å²) >= 11 is 0. The number of hydrogen-bond donors (Lipinski definition) is 2. The van der Waals surface area contributed by atoms with Crippen LogP contribution in [0.2, 0.25) is 0 Å². The molecule has 10 nitrogen and oxygen atoms in total. The van der Waals surface area contributed by atoms with Crippen LogP contribution in [0.1, 0.15) is 21.5 Å². The van der Waals surface area contributed by atoms with Gasteiger partial charge in [-0.3, -0.25) is 9.59 Å². The molecular weight excluding hydrogens is 515 g/mol. The summed E-state index contributed by atoms with van der Waals surface area (Å²) in [5, 5.41) is 2.75. The summed E-state index contributed by atoms with van der Waals surface area (Å²) < 4.78 is 52.1. The molecule has 12 heteroatoms. The average molecular weight is 541 g/mol. The van der Waals surface area contributed by atoms with Gasteiger partial charge < -0.3 is 25.4 Å². The normalized spacial score (nSPS) is 17.0. The molecule has 198 valence electrons. The zero-order chi connectivity index (χ0) is 26.9. The van der Waals surface area contributed by atoms with E-state index in [2.05, 4.69) is 5.32 Å². The van der Waals surface area contributed by atoms with Crippen molar-refractivity contribution in [2.75, 3.05) is 19.9 Å². The largest absolute Gasteiger partial charge is 0.454 e. The number of rotatable bonds is 7. The lowest BCUT2D eigenvalue weighted by Crippen LogP contribution is -2.53. The third kappa shape index (κ3) is 4.93. The van der Waals surface area contributed by atoms with E-state index in [1.54, 1.807) is 18.2 Å². The van der Waals surface area contributed by atoms with Gasteiger partial charge in [0.05, 0.1) is 4.90 Å². The molecule has 3 aromatic rings. The minimum absolute atomic E-state index is 0.0246. The molecule has 0 radical (unpaired) electrons. The number of halogens is 1. The number of benzene rings is 3. The number of nitrogens with two attached hydrogens (primary N) is 1. The number of hydrogen-bond acceptors (Lipinski definition) is 7. The number of carbonyl (C=O) groups is 2. The number of carbonyl (C=O) groups excluding carboxylic acids is 2. The van der Waals surface area contributed by atoms with Gasteiger partial charge in [-0.15, -0.1) is 0 Å². The first-order valence-corrected chi connectivity index (χ1v) is 13.3. The maximum atomic E-state index is 13.5. The summed E-state index contributed by atoms with van der Waals surface area (Å²) in [5.74, 6) is -0.964. The second kappa shape index (κ2) is 10.4. The molecule has 5 rings (SSSR count). The molecule has 0 saturated carbocycles. The number of sulfonamides is 1. The smallest absolute Gasteiger partial charge is 0.259 e. The van der Waals surface area contributed by atoms with Crippen molar-refractivity contribution in [1.82, 2.24) is 14.5 Å². The second-order valence-electron chi connectivity index (χ2n) is 8.75. The van der Waals surface area contributed by atoms with Gasteiger partial charge in [0, 0.05) is 31.7 Å². The molecular formula is C26H25FN4O6S. The zero-order valence-corrected chi connectivity index (χ0v) is 21.0. The number of ether oxygens (including phenoxy) is 2. The van der Waals surface area contributed by atoms with Crippen molar-refractivity contribution in [1.29, 1.82) is 0 Å². The molecule has 0 aromatic heterocycles. The van der Waals surface area contributed by atoms with E-state index in [0.29, 0.717) is 18.0 Å². The highest BCUT2D eigenvalue weighted by Gasteiger charge is 2.46. The molecule has 3 N–H and O–H groups in total. The molecule has 0 spiro atoms. The summed E-state index contributed by atoms with van der Waals surface area (Å²) in [6.45, 7) is 0.285. The van der Waals surface area contributed by atoms with E-state index in [1.165, 1.54) is 17.0 Å². The van der Waals surface area contributed by atoms with E-state index in [-0.39, 0.29) is 36.9 Å². The van der Waals surface area contributed by atoms with Gasteiger partial charge in [0.1, 0.15) is 5.82 Å². The number of fused-ring (bicyclic) bond motifs is 1. The first-order chi connectivity index (χ1) is 18.3. The highest BCUT2D eigenvalue weighted by Crippen LogP contribution is 2.34. The Morgan fingerprint density at radius 3 is 2.47 bits per heavy atom. The van der Waals surface area contributed by atoms with Crippen LogP contribution in [0.25, 0.3) is 0 Å². The Labute approximate surface area is 218 Å². The molecule has 1 saturated heterocycles. The molecule has 2 aliphatic rings. The van der Waals surface area contributed by atoms with E-state index in [0.717, 1.165) is 39.7 Å². The molecule has 2 aliphatic heterocycles. The molecule has 38 heavy (non-hydrogen) atoms. The van der Waals surface area contributed by atoms with Crippen molar-refractivity contribution in [2.45, 2.75) is 24.2 Å². The Kier molecular flexibility index (Phi) is 7.02. The van der Waals surface area contributed by atoms with Crippen LogP contribution < -0.4 is 20.5 Å². The topological polar surface area (TPSA) is 131 Å². The standard InChI is InChI=1S/C26H25FN4O6S/c27-20-5-7-21(8-6-20)38(34,35)31-11-10-30(26(33)19-4-9-22-23(13-19)37-16-36-22)25(31)24(32)29-15-18-3-1-2-17(12-18)14-28/h1-9,12-13,25H,10-11,14-16,28H2,(H,29,32). The van der Waals surface area contributed by atoms with Crippen molar-refractivity contribution in [3.8, 4) is 11.5 Å². The Hall–Kier alpha value is -4.00. The molecule has 1 unspecified atom stereocenters. The van der Waals surface area contributed by atoms with E-state index >= 15 is 0 Å². The fourth-order valence-corrected chi connectivity index (χ4v) is 5.97. The minimum Gasteiger partial charge on any atom is -0.454 e. The quantitative estimate of drug-likeness (QED) is 0.467. The second-order valence-corrected chi connectivity index (χ2v) is 10.6. The highest BCUT2D eigenvalue weighted by atomic mass is 32.2. The summed E-state index contributed by atoms with van der Waals surface area (Å²) in [5.41, 5.74) is 7.55. The van der Waals surface area contributed by atoms with Gasteiger partial charge in [-0.2, -0.15) is 4.31 Å². The third-order valence-corrected chi connectivity index (χ3v) is 8.23. The predicted molar refractivity (Wildman–Crippen MR) is 134 cm³/mol. The van der Waals surface area contributed by atoms with Crippen LogP contribution in [0.4, 0.5) is 4.39 Å². The first-order valence-electron chi connectivity index (χ1n) is 11.8. The lowest BCUT2D eigenvalue weighted by molar-refractivity contribution is -0.127.